The number of hydrogen-bond acceptors (Lipinski definition) is 4. The van der Waals surface area contributed by atoms with Crippen molar-refractivity contribution in [1.29, 1.82) is 0 Å². The molecular weight excluding hydrogens is 272 g/mol. The first kappa shape index (κ1) is 17.2. The molecule has 1 heterocycles. The molecule has 0 radical (unpaired) electrons. The van der Waals surface area contributed by atoms with E-state index in [1.54, 1.807) is 0 Å². The first-order valence-electron chi connectivity index (χ1n) is 7.31. The second-order valence-corrected chi connectivity index (χ2v) is 5.91. The fraction of sp³-hybridized carbons (Fsp3) is 0.733. The van der Waals surface area contributed by atoms with E-state index in [2.05, 4.69) is 54.6 Å². The summed E-state index contributed by atoms with van der Waals surface area (Å²) in [6.07, 6.45) is 3.03. The van der Waals surface area contributed by atoms with E-state index in [1.165, 1.54) is 0 Å². The molecular formula is C15H27ClN4. The number of nitrogens with zero attached hydrogens (tertiary/aromatic N) is 4. The largest absolute Gasteiger partial charge is 0.368 e. The normalized spacial score (nSPS) is 11.4. The van der Waals surface area contributed by atoms with Crippen LogP contribution >= 0.6 is 11.6 Å². The van der Waals surface area contributed by atoms with Crippen LogP contribution in [0.3, 0.4) is 0 Å². The summed E-state index contributed by atoms with van der Waals surface area (Å²) < 4.78 is 0. The summed E-state index contributed by atoms with van der Waals surface area (Å²) in [5.41, 5.74) is 2.02. The summed E-state index contributed by atoms with van der Waals surface area (Å²) in [6.45, 7) is 9.36. The number of halogens is 1. The van der Waals surface area contributed by atoms with Crippen molar-refractivity contribution in [3.8, 4) is 0 Å². The maximum Gasteiger partial charge on any atom is 0.131 e. The van der Waals surface area contributed by atoms with Crippen molar-refractivity contribution in [2.45, 2.75) is 39.0 Å². The molecule has 0 amide bonds. The van der Waals surface area contributed by atoms with Gasteiger partial charge in [-0.3, -0.25) is 0 Å². The number of likely N-dealkylation sites (N-methyl/N-ethyl adjacent to an activating group) is 1. The van der Waals surface area contributed by atoms with Crippen molar-refractivity contribution in [1.82, 2.24) is 14.9 Å². The van der Waals surface area contributed by atoms with E-state index in [9.17, 15) is 0 Å². The molecule has 0 aliphatic heterocycles. The van der Waals surface area contributed by atoms with Crippen molar-refractivity contribution in [3.05, 3.63) is 17.7 Å². The van der Waals surface area contributed by atoms with E-state index in [0.717, 1.165) is 43.3 Å². The molecule has 0 fully saturated rings. The maximum atomic E-state index is 6.09. The van der Waals surface area contributed by atoms with Crippen LogP contribution in [-0.4, -0.2) is 48.6 Å². The molecule has 0 aromatic carbocycles. The second-order valence-electron chi connectivity index (χ2n) is 5.64. The molecule has 0 unspecified atom stereocenters. The fourth-order valence-corrected chi connectivity index (χ4v) is 2.21. The van der Waals surface area contributed by atoms with Crippen LogP contribution in [0.15, 0.2) is 6.20 Å². The van der Waals surface area contributed by atoms with Crippen molar-refractivity contribution in [3.63, 3.8) is 0 Å². The van der Waals surface area contributed by atoms with E-state index in [0.29, 0.717) is 11.8 Å². The zero-order valence-electron chi connectivity index (χ0n) is 13.4. The van der Waals surface area contributed by atoms with Gasteiger partial charge in [0.1, 0.15) is 5.82 Å². The van der Waals surface area contributed by atoms with Gasteiger partial charge in [-0.15, -0.1) is 11.6 Å². The highest BCUT2D eigenvalue weighted by atomic mass is 35.5. The Kier molecular flexibility index (Phi) is 7.24. The molecule has 0 N–H and O–H groups in total. The summed E-state index contributed by atoms with van der Waals surface area (Å²) >= 11 is 6.09. The average Bonchev–Trinajstić information content (AvgIpc) is 2.42. The zero-order valence-corrected chi connectivity index (χ0v) is 14.1. The second kappa shape index (κ2) is 8.42. The van der Waals surface area contributed by atoms with Gasteiger partial charge < -0.3 is 9.80 Å². The van der Waals surface area contributed by atoms with E-state index >= 15 is 0 Å². The predicted molar refractivity (Wildman–Crippen MR) is 86.7 cm³/mol. The minimum absolute atomic E-state index is 0.326. The van der Waals surface area contributed by atoms with Crippen LogP contribution in [0.1, 0.15) is 44.6 Å². The molecule has 0 aliphatic carbocycles. The minimum Gasteiger partial charge on any atom is -0.368 e. The molecule has 0 aliphatic rings. The molecule has 0 spiro atoms. The van der Waals surface area contributed by atoms with E-state index in [-0.39, 0.29) is 0 Å². The van der Waals surface area contributed by atoms with Crippen LogP contribution in [-0.2, 0) is 5.88 Å². The third-order valence-corrected chi connectivity index (χ3v) is 3.41. The van der Waals surface area contributed by atoms with Crippen molar-refractivity contribution in [2.24, 2.45) is 0 Å². The summed E-state index contributed by atoms with van der Waals surface area (Å²) in [5.74, 6) is 1.63. The lowest BCUT2D eigenvalue weighted by Crippen LogP contribution is -2.33. The topological polar surface area (TPSA) is 32.3 Å². The Labute approximate surface area is 128 Å². The predicted octanol–water partition coefficient (Wildman–Crippen LogP) is 3.12. The van der Waals surface area contributed by atoms with Gasteiger partial charge in [0, 0.05) is 25.6 Å². The summed E-state index contributed by atoms with van der Waals surface area (Å²) in [4.78, 5) is 13.6. The molecule has 1 aromatic heterocycles. The molecule has 1 rings (SSSR count). The lowest BCUT2D eigenvalue weighted by Gasteiger charge is -2.27. The highest BCUT2D eigenvalue weighted by Crippen LogP contribution is 2.22. The van der Waals surface area contributed by atoms with Crippen molar-refractivity contribution >= 4 is 17.3 Å². The number of hydrogen-bond donors (Lipinski definition) is 0. The van der Waals surface area contributed by atoms with Crippen molar-refractivity contribution < 1.29 is 0 Å². The van der Waals surface area contributed by atoms with Gasteiger partial charge in [0.2, 0.25) is 0 Å². The van der Waals surface area contributed by atoms with Crippen LogP contribution in [0.5, 0.6) is 0 Å². The standard InChI is InChI=1S/C15H27ClN4/c1-6-7-20(9-8-19(4)5)14-11-17-15(12(2)3)18-13(14)10-16/h11-12H,6-10H2,1-5H3. The summed E-state index contributed by atoms with van der Waals surface area (Å²) in [7, 11) is 4.18. The van der Waals surface area contributed by atoms with Crippen LogP contribution in [0.4, 0.5) is 5.69 Å². The van der Waals surface area contributed by atoms with E-state index in [1.807, 2.05) is 6.20 Å². The Hall–Kier alpha value is -0.870. The lowest BCUT2D eigenvalue weighted by atomic mass is 10.2. The van der Waals surface area contributed by atoms with Gasteiger partial charge >= 0.3 is 0 Å². The van der Waals surface area contributed by atoms with Gasteiger partial charge in [-0.25, -0.2) is 9.97 Å². The number of rotatable bonds is 8. The van der Waals surface area contributed by atoms with E-state index < -0.39 is 0 Å². The molecule has 20 heavy (non-hydrogen) atoms. The fourth-order valence-electron chi connectivity index (χ4n) is 2.01. The Morgan fingerprint density at radius 3 is 2.40 bits per heavy atom. The van der Waals surface area contributed by atoms with Gasteiger partial charge in [0.15, 0.2) is 0 Å². The number of anilines is 1. The van der Waals surface area contributed by atoms with Crippen LogP contribution in [0.2, 0.25) is 0 Å². The molecule has 0 saturated heterocycles. The van der Waals surface area contributed by atoms with Gasteiger partial charge in [-0.1, -0.05) is 20.8 Å². The SMILES string of the molecule is CCCN(CCN(C)C)c1cnc(C(C)C)nc1CCl. The first-order chi connectivity index (χ1) is 9.49. The van der Waals surface area contributed by atoms with Crippen LogP contribution in [0, 0.1) is 0 Å². The van der Waals surface area contributed by atoms with Gasteiger partial charge in [-0.05, 0) is 20.5 Å². The van der Waals surface area contributed by atoms with Crippen LogP contribution < -0.4 is 4.90 Å². The Balaban J connectivity index is 2.99. The quantitative estimate of drug-likeness (QED) is 0.690. The van der Waals surface area contributed by atoms with E-state index in [4.69, 9.17) is 11.6 Å². The monoisotopic (exact) mass is 298 g/mol. The average molecular weight is 299 g/mol. The zero-order chi connectivity index (χ0) is 15.1. The Morgan fingerprint density at radius 1 is 1.20 bits per heavy atom. The molecule has 0 saturated carbocycles. The number of alkyl halides is 1. The molecule has 5 heteroatoms. The summed E-state index contributed by atoms with van der Waals surface area (Å²) in [6, 6.07) is 0. The molecule has 1 aromatic rings. The summed E-state index contributed by atoms with van der Waals surface area (Å²) in [5, 5.41) is 0. The lowest BCUT2D eigenvalue weighted by molar-refractivity contribution is 0.412. The van der Waals surface area contributed by atoms with Crippen molar-refractivity contribution in [2.75, 3.05) is 38.6 Å². The third-order valence-electron chi connectivity index (χ3n) is 3.16. The molecule has 0 bridgehead atoms. The third kappa shape index (κ3) is 4.91. The smallest absolute Gasteiger partial charge is 0.131 e. The number of aromatic nitrogens is 2. The molecule has 114 valence electrons. The maximum absolute atomic E-state index is 6.09. The van der Waals surface area contributed by atoms with Crippen LogP contribution in [0.25, 0.3) is 0 Å². The Bertz CT molecular complexity index is 407. The highest BCUT2D eigenvalue weighted by molar-refractivity contribution is 6.17. The Morgan fingerprint density at radius 2 is 1.90 bits per heavy atom. The minimum atomic E-state index is 0.326. The van der Waals surface area contributed by atoms with Gasteiger partial charge in [0.25, 0.3) is 0 Å². The van der Waals surface area contributed by atoms with Gasteiger partial charge in [0.05, 0.1) is 23.5 Å². The van der Waals surface area contributed by atoms with Gasteiger partial charge in [-0.2, -0.15) is 0 Å². The molecule has 4 nitrogen and oxygen atoms in total. The first-order valence-corrected chi connectivity index (χ1v) is 7.84. The molecule has 0 atom stereocenters. The highest BCUT2D eigenvalue weighted by Gasteiger charge is 2.14.